The molecule has 0 saturated heterocycles. The van der Waals surface area contributed by atoms with Gasteiger partial charge in [0.05, 0.1) is 34.4 Å². The molecule has 0 aliphatic rings. The Balaban J connectivity index is 5.09. The summed E-state index contributed by atoms with van der Waals surface area (Å²) in [6.45, 7) is -0.962. The van der Waals surface area contributed by atoms with Crippen molar-refractivity contribution in [3.63, 3.8) is 0 Å². The van der Waals surface area contributed by atoms with Crippen LogP contribution in [0.2, 0.25) is 0 Å². The first kappa shape index (κ1) is 85.6. The highest BCUT2D eigenvalue weighted by atomic mass is 31.2. The first-order valence-corrected chi connectivity index (χ1v) is 27.5. The minimum absolute atomic E-state index is 0.0244. The van der Waals surface area contributed by atoms with E-state index in [0.717, 1.165) is 0 Å². The van der Waals surface area contributed by atoms with E-state index < -0.39 is 154 Å². The van der Waals surface area contributed by atoms with Gasteiger partial charge in [-0.1, -0.05) is 89.9 Å². The Hall–Kier alpha value is -2.39. The van der Waals surface area contributed by atoms with E-state index in [1.165, 1.54) is 0 Å². The second-order valence-electron chi connectivity index (χ2n) is 21.3. The fraction of sp³-hybridized carbons (Fsp3) is 1.00. The van der Waals surface area contributed by atoms with Crippen molar-refractivity contribution < 1.29 is 182 Å². The summed E-state index contributed by atoms with van der Waals surface area (Å²) in [5.74, 6) is -113. The predicted octanol–water partition coefficient (Wildman–Crippen LogP) is 18.4. The van der Waals surface area contributed by atoms with Gasteiger partial charge in [-0.2, -0.15) is 149 Å². The van der Waals surface area contributed by atoms with Crippen molar-refractivity contribution in [2.75, 3.05) is 60.7 Å². The molecule has 0 rings (SSSR count). The monoisotopic (exact) mass is 1400 g/mol. The fourth-order valence-electron chi connectivity index (χ4n) is 7.43. The zero-order valence-electron chi connectivity index (χ0n) is 46.2. The van der Waals surface area contributed by atoms with E-state index in [1.54, 1.807) is 21.1 Å². The maximum Gasteiger partial charge on any atom is 0.460 e. The van der Waals surface area contributed by atoms with Crippen molar-refractivity contribution in [3.05, 3.63) is 0 Å². The van der Waals surface area contributed by atoms with Crippen LogP contribution in [0.15, 0.2) is 0 Å². The number of hydrogen-bond donors (Lipinski definition) is 0. The molecule has 88 heavy (non-hydrogen) atoms. The standard InChI is InChI=1S/C46H62F34NO6P/c1-81(2,3)24-27-86-88(82,83)87-29-30(85-26-21-17-13-9-5-7-11-15-19-23-32(49,50)34(53,54)36(57,58)38(61,62)40(65,66)42(69,70)44(73,74)46(78,79)80)28-84-25-20-16-12-8-4-6-10-14-18-22-31(47,48)33(51,52)35(55,56)37(59,60)39(63,64)41(67,68)43(71,72)45(75,76)77/h30H,4-29H2,1-3H3/t30-/m0/s1. The van der Waals surface area contributed by atoms with Crippen molar-refractivity contribution >= 4 is 7.82 Å². The third-order valence-electron chi connectivity index (χ3n) is 13.1. The number of ether oxygens (including phenoxy) is 2. The molecule has 2 atom stereocenters. The summed E-state index contributed by atoms with van der Waals surface area (Å²) in [7, 11) is 0.286. The first-order valence-electron chi connectivity index (χ1n) is 26.0. The smallest absolute Gasteiger partial charge is 0.460 e. The van der Waals surface area contributed by atoms with E-state index in [9.17, 15) is 159 Å². The lowest BCUT2D eigenvalue weighted by atomic mass is 9.87. The highest BCUT2D eigenvalue weighted by molar-refractivity contribution is 7.45. The van der Waals surface area contributed by atoms with Gasteiger partial charge in [-0.3, -0.25) is 4.57 Å². The Labute approximate surface area is 480 Å². The Morgan fingerprint density at radius 3 is 0.852 bits per heavy atom. The van der Waals surface area contributed by atoms with Gasteiger partial charge in [0.25, 0.3) is 7.82 Å². The molecular formula is C46H62F34NO6P. The Bertz CT molecular complexity index is 2120. The molecule has 0 heterocycles. The number of phosphoric acid groups is 1. The topological polar surface area (TPSA) is 77.1 Å². The molecule has 0 aromatic heterocycles. The van der Waals surface area contributed by atoms with Gasteiger partial charge >= 0.3 is 95.3 Å². The largest absolute Gasteiger partial charge is 0.756 e. The van der Waals surface area contributed by atoms with Crippen molar-refractivity contribution in [2.45, 2.75) is 230 Å². The van der Waals surface area contributed by atoms with Gasteiger partial charge in [-0.15, -0.1) is 0 Å². The second-order valence-corrected chi connectivity index (χ2v) is 22.7. The van der Waals surface area contributed by atoms with Gasteiger partial charge in [0.15, 0.2) is 0 Å². The number of rotatable bonds is 46. The Morgan fingerprint density at radius 1 is 0.318 bits per heavy atom. The molecule has 1 unspecified atom stereocenters. The summed E-state index contributed by atoms with van der Waals surface area (Å²) in [5, 5.41) is 0. The van der Waals surface area contributed by atoms with Crippen LogP contribution in [0.4, 0.5) is 149 Å². The summed E-state index contributed by atoms with van der Waals surface area (Å²) in [6, 6.07) is 0. The summed E-state index contributed by atoms with van der Waals surface area (Å²) in [5.41, 5.74) is 0. The van der Waals surface area contributed by atoms with Crippen molar-refractivity contribution in [1.29, 1.82) is 0 Å². The number of unbranched alkanes of at least 4 members (excludes halogenated alkanes) is 16. The number of phosphoric ester groups is 1. The average Bonchev–Trinajstić information content (AvgIpc) is 0.718. The lowest BCUT2D eigenvalue weighted by Gasteiger charge is -2.42. The van der Waals surface area contributed by atoms with Gasteiger partial charge in [-0.05, 0) is 25.7 Å². The van der Waals surface area contributed by atoms with Crippen LogP contribution in [0.25, 0.3) is 0 Å². The molecule has 0 amide bonds. The maximum absolute atomic E-state index is 14.2. The zero-order valence-corrected chi connectivity index (χ0v) is 47.1. The number of hydrogen-bond acceptors (Lipinski definition) is 6. The van der Waals surface area contributed by atoms with E-state index in [2.05, 4.69) is 0 Å². The molecule has 0 spiro atoms. The van der Waals surface area contributed by atoms with E-state index in [4.69, 9.17) is 18.5 Å². The SMILES string of the molecule is C[N+](C)(C)CCOP(=O)([O-])OC[C@H](COCCCCCCCCCCCC(F)(F)C(F)(F)C(F)(F)C(F)(F)C(F)(F)C(F)(F)C(F)(F)C(F)(F)F)OCCCCCCCCCCCC(F)(F)C(F)(F)C(F)(F)C(F)(F)C(F)(F)C(F)(F)C(F)(F)C(F)(F)F. The van der Waals surface area contributed by atoms with Gasteiger partial charge in [-0.25, -0.2) is 0 Å². The summed E-state index contributed by atoms with van der Waals surface area (Å²) < 4.78 is 492. The Kier molecular flexibility index (Phi) is 29.9. The van der Waals surface area contributed by atoms with E-state index >= 15 is 0 Å². The molecule has 0 radical (unpaired) electrons. The third kappa shape index (κ3) is 19.6. The quantitative estimate of drug-likeness (QED) is 0.0262. The van der Waals surface area contributed by atoms with Gasteiger partial charge in [0.1, 0.15) is 19.3 Å². The van der Waals surface area contributed by atoms with E-state index in [1.807, 2.05) is 0 Å². The molecule has 0 aliphatic heterocycles. The molecular weight excluding hydrogens is 1340 g/mol. The van der Waals surface area contributed by atoms with Crippen LogP contribution in [0.1, 0.15) is 128 Å². The Morgan fingerprint density at radius 2 is 0.568 bits per heavy atom. The van der Waals surface area contributed by atoms with Crippen LogP contribution < -0.4 is 4.89 Å². The molecule has 530 valence electrons. The van der Waals surface area contributed by atoms with Crippen LogP contribution in [-0.2, 0) is 23.1 Å². The number of alkyl halides is 34. The van der Waals surface area contributed by atoms with Crippen LogP contribution >= 0.6 is 7.82 Å². The average molecular weight is 1400 g/mol. The van der Waals surface area contributed by atoms with Gasteiger partial charge < -0.3 is 27.9 Å². The van der Waals surface area contributed by atoms with E-state index in [0.29, 0.717) is 55.8 Å². The molecule has 42 heteroatoms. The third-order valence-corrected chi connectivity index (χ3v) is 14.0. The van der Waals surface area contributed by atoms with Crippen molar-refractivity contribution in [2.24, 2.45) is 0 Å². The minimum atomic E-state index is -8.71. The maximum atomic E-state index is 14.2. The number of nitrogens with zero attached hydrogens (tertiary/aromatic N) is 1. The van der Waals surface area contributed by atoms with Crippen LogP contribution in [0.3, 0.4) is 0 Å². The van der Waals surface area contributed by atoms with Gasteiger partial charge in [0.2, 0.25) is 0 Å². The summed E-state index contributed by atoms with van der Waals surface area (Å²) >= 11 is 0. The zero-order chi connectivity index (χ0) is 69.8. The lowest BCUT2D eigenvalue weighted by molar-refractivity contribution is -0.870. The molecule has 0 aliphatic carbocycles. The van der Waals surface area contributed by atoms with Crippen LogP contribution in [-0.4, -0.2) is 167 Å². The predicted molar refractivity (Wildman–Crippen MR) is 237 cm³/mol. The molecule has 0 aromatic carbocycles. The normalized spacial score (nSPS) is 16.4. The first-order chi connectivity index (χ1) is 39.0. The number of halogens is 34. The number of likely N-dealkylation sites (N-methyl/N-ethyl adjacent to an activating group) is 1. The molecule has 0 aromatic rings. The molecule has 0 saturated carbocycles. The lowest BCUT2D eigenvalue weighted by Crippen LogP contribution is -2.74. The van der Waals surface area contributed by atoms with Crippen LogP contribution in [0, 0.1) is 0 Å². The fourth-order valence-corrected chi connectivity index (χ4v) is 8.16. The molecule has 0 fully saturated rings. The van der Waals surface area contributed by atoms with Gasteiger partial charge in [0, 0.05) is 26.1 Å². The minimum Gasteiger partial charge on any atom is -0.756 e. The van der Waals surface area contributed by atoms with Crippen molar-refractivity contribution in [3.8, 4) is 0 Å². The molecule has 0 bridgehead atoms. The molecule has 7 nitrogen and oxygen atoms in total. The van der Waals surface area contributed by atoms with E-state index in [-0.39, 0.29) is 71.5 Å². The highest BCUT2D eigenvalue weighted by Gasteiger charge is 2.97. The second kappa shape index (κ2) is 30.8. The number of quaternary nitrogens is 1. The summed E-state index contributed by atoms with van der Waals surface area (Å²) in [6.07, 6.45) is -21.8. The summed E-state index contributed by atoms with van der Waals surface area (Å²) in [4.78, 5) is 12.3. The highest BCUT2D eigenvalue weighted by Crippen LogP contribution is 2.66. The van der Waals surface area contributed by atoms with Crippen molar-refractivity contribution in [1.82, 2.24) is 0 Å². The van der Waals surface area contributed by atoms with Crippen LogP contribution in [0.5, 0.6) is 0 Å². The molecule has 0 N–H and O–H groups in total.